The Labute approximate surface area is 191 Å². The van der Waals surface area contributed by atoms with E-state index in [4.69, 9.17) is 14.6 Å². The Morgan fingerprint density at radius 2 is 2.00 bits per heavy atom. The first-order valence-corrected chi connectivity index (χ1v) is 12.6. The molecule has 1 saturated heterocycles. The van der Waals surface area contributed by atoms with Crippen LogP contribution in [0, 0.1) is 6.92 Å². The van der Waals surface area contributed by atoms with Crippen molar-refractivity contribution >= 4 is 15.5 Å². The molecule has 10 nitrogen and oxygen atoms in total. The van der Waals surface area contributed by atoms with Crippen LogP contribution in [-0.4, -0.2) is 58.8 Å². The number of fused-ring (bicyclic) bond motifs is 1. The molecule has 2 aromatic heterocycles. The minimum Gasteiger partial charge on any atom is -0.493 e. The van der Waals surface area contributed by atoms with Crippen molar-refractivity contribution < 1.29 is 17.9 Å². The van der Waals surface area contributed by atoms with Gasteiger partial charge in [-0.15, -0.1) is 5.10 Å². The Morgan fingerprint density at radius 1 is 1.24 bits per heavy atom. The lowest BCUT2D eigenvalue weighted by atomic mass is 10.1. The zero-order chi connectivity index (χ0) is 23.3. The number of benzene rings is 1. The molecule has 3 aromatic rings. The molecule has 0 amide bonds. The minimum absolute atomic E-state index is 0.0843. The Kier molecular flexibility index (Phi) is 5.50. The quantitative estimate of drug-likeness (QED) is 0.524. The smallest absolute Gasteiger partial charge is 0.277 e. The molecule has 1 saturated carbocycles. The number of methoxy groups -OCH3 is 1. The summed E-state index contributed by atoms with van der Waals surface area (Å²) in [6.45, 7) is 4.33. The summed E-state index contributed by atoms with van der Waals surface area (Å²) in [5, 5.41) is 4.71. The maximum atomic E-state index is 13.0. The topological polar surface area (TPSA) is 119 Å². The molecular formula is C22H27N5O5S. The molecule has 2 unspecified atom stereocenters. The summed E-state index contributed by atoms with van der Waals surface area (Å²) in [6, 6.07) is 4.59. The van der Waals surface area contributed by atoms with Crippen LogP contribution in [0.1, 0.15) is 50.0 Å². The number of rotatable bonds is 7. The van der Waals surface area contributed by atoms with Gasteiger partial charge in [0.2, 0.25) is 10.0 Å². The number of aromatic nitrogens is 4. The maximum Gasteiger partial charge on any atom is 0.277 e. The van der Waals surface area contributed by atoms with Crippen molar-refractivity contribution in [2.75, 3.05) is 20.3 Å². The molecule has 11 heteroatoms. The molecule has 2 fully saturated rings. The lowest BCUT2D eigenvalue weighted by molar-refractivity contribution is 0.158. The van der Waals surface area contributed by atoms with Gasteiger partial charge >= 0.3 is 0 Å². The van der Waals surface area contributed by atoms with Crippen LogP contribution in [0.2, 0.25) is 0 Å². The fourth-order valence-corrected chi connectivity index (χ4v) is 6.08. The molecule has 3 heterocycles. The third kappa shape index (κ3) is 3.73. The predicted octanol–water partition coefficient (Wildman–Crippen LogP) is 2.43. The first-order valence-electron chi connectivity index (χ1n) is 11.2. The summed E-state index contributed by atoms with van der Waals surface area (Å²) < 4.78 is 39.8. The van der Waals surface area contributed by atoms with Gasteiger partial charge in [0.1, 0.15) is 17.8 Å². The molecule has 1 N–H and O–H groups in total. The Balaban J connectivity index is 1.67. The van der Waals surface area contributed by atoms with E-state index in [-0.39, 0.29) is 22.2 Å². The second-order valence-electron chi connectivity index (χ2n) is 8.46. The van der Waals surface area contributed by atoms with Crippen molar-refractivity contribution in [3.8, 4) is 17.1 Å². The molecule has 2 atom stereocenters. The van der Waals surface area contributed by atoms with E-state index in [1.54, 1.807) is 17.5 Å². The Bertz CT molecular complexity index is 1370. The van der Waals surface area contributed by atoms with E-state index in [0.717, 1.165) is 31.5 Å². The van der Waals surface area contributed by atoms with E-state index in [1.807, 2.05) is 6.92 Å². The van der Waals surface area contributed by atoms with Gasteiger partial charge in [-0.3, -0.25) is 4.79 Å². The molecule has 0 radical (unpaired) electrons. The van der Waals surface area contributed by atoms with Gasteiger partial charge in [-0.2, -0.15) is 4.31 Å². The number of hydrogen-bond donors (Lipinski definition) is 1. The van der Waals surface area contributed by atoms with Crippen LogP contribution in [-0.2, 0) is 14.8 Å². The van der Waals surface area contributed by atoms with Crippen LogP contribution in [0.25, 0.3) is 16.9 Å². The summed E-state index contributed by atoms with van der Waals surface area (Å²) in [4.78, 5) is 20.6. The molecule has 176 valence electrons. The monoisotopic (exact) mass is 473 g/mol. The average molecular weight is 474 g/mol. The summed E-state index contributed by atoms with van der Waals surface area (Å²) in [5.41, 5.74) is 1.12. The lowest BCUT2D eigenvalue weighted by Gasteiger charge is -2.13. The number of ether oxygens (including phenoxy) is 2. The molecule has 1 aromatic carbocycles. The maximum absolute atomic E-state index is 13.0. The van der Waals surface area contributed by atoms with Gasteiger partial charge in [0.25, 0.3) is 5.56 Å². The van der Waals surface area contributed by atoms with E-state index < -0.39 is 16.3 Å². The van der Waals surface area contributed by atoms with Gasteiger partial charge < -0.3 is 14.5 Å². The van der Waals surface area contributed by atoms with E-state index >= 15 is 0 Å². The van der Waals surface area contributed by atoms with Crippen LogP contribution < -0.4 is 10.3 Å². The second kappa shape index (κ2) is 8.23. The van der Waals surface area contributed by atoms with Gasteiger partial charge in [-0.25, -0.2) is 17.9 Å². The third-order valence-electron chi connectivity index (χ3n) is 6.33. The minimum atomic E-state index is -3.75. The van der Waals surface area contributed by atoms with Crippen LogP contribution >= 0.6 is 0 Å². The molecule has 5 rings (SSSR count). The van der Waals surface area contributed by atoms with Gasteiger partial charge in [0, 0.05) is 13.0 Å². The SMILES string of the molecule is CCOc1ccc(S(=O)(=O)N2CC2OC)cc1-c1nn2c(C3CCCC3)nc(C)c2c(=O)[nH]1. The number of H-pyrrole nitrogens is 1. The van der Waals surface area contributed by atoms with E-state index in [0.29, 0.717) is 35.7 Å². The van der Waals surface area contributed by atoms with E-state index in [2.05, 4.69) is 9.97 Å². The fourth-order valence-electron chi connectivity index (χ4n) is 4.59. The van der Waals surface area contributed by atoms with Gasteiger partial charge in [-0.1, -0.05) is 12.8 Å². The highest BCUT2D eigenvalue weighted by Crippen LogP contribution is 2.36. The third-order valence-corrected chi connectivity index (χ3v) is 8.18. The molecule has 33 heavy (non-hydrogen) atoms. The first-order chi connectivity index (χ1) is 15.8. The van der Waals surface area contributed by atoms with Crippen molar-refractivity contribution in [3.63, 3.8) is 0 Å². The number of nitrogens with zero attached hydrogens (tertiary/aromatic N) is 4. The predicted molar refractivity (Wildman–Crippen MR) is 121 cm³/mol. The Morgan fingerprint density at radius 3 is 2.67 bits per heavy atom. The first kappa shape index (κ1) is 22.1. The van der Waals surface area contributed by atoms with E-state index in [1.165, 1.54) is 23.5 Å². The number of nitrogens with one attached hydrogen (secondary N) is 1. The van der Waals surface area contributed by atoms with Crippen LogP contribution in [0.15, 0.2) is 27.9 Å². The van der Waals surface area contributed by atoms with Crippen molar-refractivity contribution in [1.29, 1.82) is 0 Å². The van der Waals surface area contributed by atoms with Crippen LogP contribution in [0.4, 0.5) is 0 Å². The zero-order valence-electron chi connectivity index (χ0n) is 18.9. The van der Waals surface area contributed by atoms with Crippen LogP contribution in [0.3, 0.4) is 0 Å². The highest BCUT2D eigenvalue weighted by Gasteiger charge is 2.45. The number of aromatic amines is 1. The van der Waals surface area contributed by atoms with Gasteiger partial charge in [-0.05, 0) is 44.9 Å². The number of aryl methyl sites for hydroxylation is 1. The summed E-state index contributed by atoms with van der Waals surface area (Å²) in [7, 11) is -2.27. The zero-order valence-corrected chi connectivity index (χ0v) is 19.7. The standard InChI is InChI=1S/C22H27N5O5S/c1-4-32-17-10-9-15(33(29,30)26-12-18(26)31-3)11-16(17)20-24-22(28)19-13(2)23-21(27(19)25-20)14-7-5-6-8-14/h9-11,14,18H,4-8,12H2,1-3H3,(H,24,25,28). The summed E-state index contributed by atoms with van der Waals surface area (Å²) in [6.07, 6.45) is 3.82. The second-order valence-corrected chi connectivity index (χ2v) is 10.3. The molecular weight excluding hydrogens is 446 g/mol. The number of hydrogen-bond acceptors (Lipinski definition) is 7. The number of sulfonamides is 1. The Hall–Kier alpha value is -2.76. The normalized spacial score (nSPS) is 21.1. The van der Waals surface area contributed by atoms with Crippen molar-refractivity contribution in [1.82, 2.24) is 23.9 Å². The molecule has 1 aliphatic carbocycles. The van der Waals surface area contributed by atoms with Crippen molar-refractivity contribution in [3.05, 3.63) is 40.1 Å². The molecule has 1 aliphatic heterocycles. The van der Waals surface area contributed by atoms with Crippen LogP contribution in [0.5, 0.6) is 5.75 Å². The van der Waals surface area contributed by atoms with Crippen molar-refractivity contribution in [2.24, 2.45) is 0 Å². The molecule has 0 spiro atoms. The van der Waals surface area contributed by atoms with Crippen molar-refractivity contribution in [2.45, 2.75) is 56.6 Å². The molecule has 2 aliphatic rings. The number of imidazole rings is 1. The highest BCUT2D eigenvalue weighted by molar-refractivity contribution is 7.89. The van der Waals surface area contributed by atoms with E-state index in [9.17, 15) is 13.2 Å². The van der Waals surface area contributed by atoms with Gasteiger partial charge in [0.05, 0.1) is 29.3 Å². The van der Waals surface area contributed by atoms with Gasteiger partial charge in [0.15, 0.2) is 11.3 Å². The average Bonchev–Trinajstić information content (AvgIpc) is 3.27. The molecule has 0 bridgehead atoms. The summed E-state index contributed by atoms with van der Waals surface area (Å²) in [5.74, 6) is 1.70. The summed E-state index contributed by atoms with van der Waals surface area (Å²) >= 11 is 0. The fraction of sp³-hybridized carbons (Fsp3) is 0.500. The lowest BCUT2D eigenvalue weighted by Crippen LogP contribution is -2.18. The highest BCUT2D eigenvalue weighted by atomic mass is 32.2. The largest absolute Gasteiger partial charge is 0.493 e.